The van der Waals surface area contributed by atoms with Crippen LogP contribution in [0.2, 0.25) is 0 Å². The standard InChI is InChI=1S/C70H58Br4N2O6/c1-37(2)50-11-9-12-51(38(3)4)67(50)75-69(77)54-35-58(81-48-29-21-44(73)22-30-48)64-62-56(79-46-25-17-42(71)18-26-46)33-15-41-16-34-57(80-47-27-19-43(72)20-28-47)63(60(41)62)65-59(82-49-31-23-45(74)24-32-49)36-55(61(54)66(64)65)70(78)76-68-52(39(5)6)13-10-14-53(68)40(7)8/h9-40H,1-8H3,(H,75,77)(H,76,78). The first-order chi connectivity index (χ1) is 39.4. The quantitative estimate of drug-likeness (QED) is 0.0739. The summed E-state index contributed by atoms with van der Waals surface area (Å²) < 4.78 is 32.1. The van der Waals surface area contributed by atoms with E-state index in [1.54, 1.807) is 12.1 Å². The highest BCUT2D eigenvalue weighted by Gasteiger charge is 2.33. The average molecular weight is 1340 g/mol. The number of hydrogen-bond acceptors (Lipinski definition) is 6. The van der Waals surface area contributed by atoms with E-state index in [4.69, 9.17) is 18.9 Å². The minimum atomic E-state index is -0.441. The maximum absolute atomic E-state index is 16.3. The number of amides is 2. The van der Waals surface area contributed by atoms with Gasteiger partial charge < -0.3 is 29.6 Å². The van der Waals surface area contributed by atoms with Crippen LogP contribution in [-0.2, 0) is 0 Å². The molecule has 11 aromatic rings. The van der Waals surface area contributed by atoms with Crippen molar-refractivity contribution in [1.82, 2.24) is 0 Å². The number of ether oxygens (including phenoxy) is 4. The maximum Gasteiger partial charge on any atom is 0.256 e. The average Bonchev–Trinajstić information content (AvgIpc) is 1.53. The Kier molecular flexibility index (Phi) is 16.3. The third kappa shape index (κ3) is 11.2. The second kappa shape index (κ2) is 23.6. The molecule has 0 spiro atoms. The lowest BCUT2D eigenvalue weighted by molar-refractivity contribution is 0.102. The number of halogens is 4. The predicted octanol–water partition coefficient (Wildman–Crippen LogP) is 23.0. The van der Waals surface area contributed by atoms with Crippen LogP contribution < -0.4 is 29.6 Å². The Morgan fingerprint density at radius 3 is 0.902 bits per heavy atom. The zero-order valence-electron chi connectivity index (χ0n) is 46.4. The number of fused-ring (bicyclic) bond motifs is 2. The van der Waals surface area contributed by atoms with Crippen molar-refractivity contribution in [2.45, 2.75) is 79.1 Å². The molecule has 0 bridgehead atoms. The molecular weight excluding hydrogens is 1280 g/mol. The van der Waals surface area contributed by atoms with E-state index in [2.05, 4.69) is 154 Å². The third-order valence-corrected chi connectivity index (χ3v) is 16.9. The molecule has 412 valence electrons. The SMILES string of the molecule is CC(C)c1cccc(C(C)C)c1NC(=O)c1cc(Oc2ccc(Br)cc2)c2c3c(Oc4ccc(Br)cc4)ccc4ccc(Oc5ccc(Br)cc5)c(c5c(Oc6ccc(Br)cc6)cc(C(=O)Nc6c(C(C)C)cccc6C(C)C)c1c25)c43. The van der Waals surface area contributed by atoms with Crippen LogP contribution in [0.5, 0.6) is 46.0 Å². The number of anilines is 2. The second-order valence-corrected chi connectivity index (χ2v) is 25.4. The van der Waals surface area contributed by atoms with Gasteiger partial charge in [0.1, 0.15) is 46.0 Å². The van der Waals surface area contributed by atoms with Gasteiger partial charge in [-0.2, -0.15) is 0 Å². The fraction of sp³-hybridized carbons (Fsp3) is 0.171. The molecule has 12 heteroatoms. The summed E-state index contributed by atoms with van der Waals surface area (Å²) >= 11 is 14.5. The van der Waals surface area contributed by atoms with Crippen LogP contribution >= 0.6 is 63.7 Å². The molecule has 0 saturated carbocycles. The summed E-state index contributed by atoms with van der Waals surface area (Å²) in [7, 11) is 0. The van der Waals surface area contributed by atoms with Crippen molar-refractivity contribution < 1.29 is 28.5 Å². The minimum Gasteiger partial charge on any atom is -0.457 e. The van der Waals surface area contributed by atoms with E-state index in [1.807, 2.05) is 133 Å². The fourth-order valence-electron chi connectivity index (χ4n) is 10.9. The van der Waals surface area contributed by atoms with Crippen molar-refractivity contribution in [2.75, 3.05) is 10.6 Å². The molecule has 0 aliphatic carbocycles. The highest BCUT2D eigenvalue weighted by Crippen LogP contribution is 2.56. The van der Waals surface area contributed by atoms with Crippen molar-refractivity contribution in [3.63, 3.8) is 0 Å². The van der Waals surface area contributed by atoms with E-state index >= 15 is 9.59 Å². The number of para-hydroxylation sites is 2. The number of hydrogen-bond donors (Lipinski definition) is 2. The first-order valence-corrected chi connectivity index (χ1v) is 30.5. The molecule has 0 atom stereocenters. The minimum absolute atomic E-state index is 0.0581. The zero-order valence-corrected chi connectivity index (χ0v) is 52.8. The van der Waals surface area contributed by atoms with Gasteiger partial charge in [0.25, 0.3) is 11.8 Å². The smallest absolute Gasteiger partial charge is 0.256 e. The van der Waals surface area contributed by atoms with Gasteiger partial charge in [-0.25, -0.2) is 0 Å². The maximum atomic E-state index is 16.3. The number of nitrogens with one attached hydrogen (secondary N) is 2. The van der Waals surface area contributed by atoms with Gasteiger partial charge in [0.15, 0.2) is 0 Å². The van der Waals surface area contributed by atoms with Crippen LogP contribution in [0.3, 0.4) is 0 Å². The van der Waals surface area contributed by atoms with Crippen molar-refractivity contribution in [2.24, 2.45) is 0 Å². The highest BCUT2D eigenvalue weighted by molar-refractivity contribution is 9.11. The van der Waals surface area contributed by atoms with Gasteiger partial charge in [-0.3, -0.25) is 9.59 Å². The second-order valence-electron chi connectivity index (χ2n) is 21.7. The van der Waals surface area contributed by atoms with E-state index < -0.39 is 11.8 Å². The van der Waals surface area contributed by atoms with E-state index in [0.29, 0.717) is 78.3 Å². The van der Waals surface area contributed by atoms with Crippen LogP contribution in [-0.4, -0.2) is 11.8 Å². The molecule has 11 aromatic carbocycles. The van der Waals surface area contributed by atoms with Crippen LogP contribution in [0, 0.1) is 0 Å². The molecule has 82 heavy (non-hydrogen) atoms. The zero-order chi connectivity index (χ0) is 57.7. The molecule has 8 nitrogen and oxygen atoms in total. The van der Waals surface area contributed by atoms with Gasteiger partial charge in [-0.15, -0.1) is 0 Å². The topological polar surface area (TPSA) is 95.1 Å². The monoisotopic (exact) mass is 1340 g/mol. The molecule has 0 radical (unpaired) electrons. The summed E-state index contributed by atoms with van der Waals surface area (Å²) in [6, 6.07) is 54.4. The summed E-state index contributed by atoms with van der Waals surface area (Å²) in [5.74, 6) is 3.18. The van der Waals surface area contributed by atoms with Crippen molar-refractivity contribution in [3.8, 4) is 46.0 Å². The Hall–Kier alpha value is -7.22. The molecule has 0 saturated heterocycles. The van der Waals surface area contributed by atoms with E-state index in [1.165, 1.54) is 0 Å². The van der Waals surface area contributed by atoms with Crippen LogP contribution in [0.15, 0.2) is 188 Å². The van der Waals surface area contributed by atoms with Gasteiger partial charge >= 0.3 is 0 Å². The largest absolute Gasteiger partial charge is 0.457 e. The summed E-state index contributed by atoms with van der Waals surface area (Å²) in [5, 5.41) is 11.9. The lowest BCUT2D eigenvalue weighted by Gasteiger charge is -2.26. The Bertz CT molecular complexity index is 3920. The van der Waals surface area contributed by atoms with Gasteiger partial charge in [-0.05, 0) is 173 Å². The lowest BCUT2D eigenvalue weighted by atomic mass is 9.84. The number of carbonyl (C=O) groups is 2. The summed E-state index contributed by atoms with van der Waals surface area (Å²) in [5.41, 5.74) is 5.75. The number of carbonyl (C=O) groups excluding carboxylic acids is 2. The Morgan fingerprint density at radius 2 is 0.610 bits per heavy atom. The molecule has 0 aromatic heterocycles. The Labute approximate surface area is 511 Å². The summed E-state index contributed by atoms with van der Waals surface area (Å²) in [6.45, 7) is 17.0. The molecule has 0 aliphatic rings. The van der Waals surface area contributed by atoms with E-state index in [9.17, 15) is 0 Å². The molecule has 11 rings (SSSR count). The highest BCUT2D eigenvalue weighted by atomic mass is 79.9. The molecule has 0 unspecified atom stereocenters. The van der Waals surface area contributed by atoms with Gasteiger partial charge in [0, 0.05) is 67.0 Å². The molecule has 0 heterocycles. The first-order valence-electron chi connectivity index (χ1n) is 27.3. The van der Waals surface area contributed by atoms with Crippen molar-refractivity contribution in [3.05, 3.63) is 221 Å². The van der Waals surface area contributed by atoms with E-state index in [-0.39, 0.29) is 34.8 Å². The van der Waals surface area contributed by atoms with Gasteiger partial charge in [0.2, 0.25) is 0 Å². The lowest BCUT2D eigenvalue weighted by Crippen LogP contribution is -2.20. The molecule has 2 N–H and O–H groups in total. The summed E-state index contributed by atoms with van der Waals surface area (Å²) in [6.07, 6.45) is 0. The Balaban J connectivity index is 1.36. The molecule has 0 aliphatic heterocycles. The molecular formula is C70H58Br4N2O6. The van der Waals surface area contributed by atoms with Gasteiger partial charge in [-0.1, -0.05) is 168 Å². The number of rotatable bonds is 16. The van der Waals surface area contributed by atoms with Crippen molar-refractivity contribution in [1.29, 1.82) is 0 Å². The fourth-order valence-corrected chi connectivity index (χ4v) is 12.0. The van der Waals surface area contributed by atoms with E-state index in [0.717, 1.165) is 62.3 Å². The molecule has 2 amide bonds. The normalized spacial score (nSPS) is 11.7. The van der Waals surface area contributed by atoms with Crippen LogP contribution in [0.1, 0.15) is 122 Å². The first kappa shape index (κ1) is 56.6. The van der Waals surface area contributed by atoms with Crippen LogP contribution in [0.25, 0.3) is 43.1 Å². The summed E-state index contributed by atoms with van der Waals surface area (Å²) in [4.78, 5) is 32.6. The Morgan fingerprint density at radius 1 is 0.329 bits per heavy atom. The third-order valence-electron chi connectivity index (χ3n) is 14.8. The number of benzene rings is 11. The van der Waals surface area contributed by atoms with Crippen molar-refractivity contribution >= 4 is 130 Å². The van der Waals surface area contributed by atoms with Gasteiger partial charge in [0.05, 0.1) is 11.1 Å². The van der Waals surface area contributed by atoms with Crippen LogP contribution in [0.4, 0.5) is 11.4 Å². The predicted molar refractivity (Wildman–Crippen MR) is 350 cm³/mol. The molecule has 0 fully saturated rings.